The fraction of sp³-hybridized carbons (Fsp3) is 0.188. The van der Waals surface area contributed by atoms with Gasteiger partial charge in [-0.3, -0.25) is 4.98 Å². The topological polar surface area (TPSA) is 106 Å². The van der Waals surface area contributed by atoms with E-state index in [2.05, 4.69) is 25.3 Å². The zero-order valence-electron chi connectivity index (χ0n) is 12.8. The van der Waals surface area contributed by atoms with Crippen molar-refractivity contribution in [1.82, 2.24) is 24.5 Å². The molecule has 3 aromatic rings. The van der Waals surface area contributed by atoms with Gasteiger partial charge >= 0.3 is 5.97 Å². The van der Waals surface area contributed by atoms with Crippen molar-refractivity contribution in [2.45, 2.75) is 13.0 Å². The van der Waals surface area contributed by atoms with E-state index in [4.69, 9.17) is 5.11 Å². The summed E-state index contributed by atoms with van der Waals surface area (Å²) < 4.78 is 2.00. The van der Waals surface area contributed by atoms with Gasteiger partial charge in [-0.25, -0.2) is 19.7 Å². The van der Waals surface area contributed by atoms with Crippen LogP contribution in [-0.4, -0.2) is 42.1 Å². The van der Waals surface area contributed by atoms with Gasteiger partial charge in [0.15, 0.2) is 0 Å². The standard InChI is InChI=1S/C16H16N6O2/c23-15(24)12-2-5-18-14(10-12)13-3-6-20-16(21-13)19-4-1-8-22-9-7-17-11-22/h2-3,5-7,9-11H,1,4,8H2,(H,23,24)(H,19,20,21). The van der Waals surface area contributed by atoms with Crippen LogP contribution in [0.1, 0.15) is 16.8 Å². The van der Waals surface area contributed by atoms with Gasteiger partial charge in [0.25, 0.3) is 0 Å². The number of hydrogen-bond donors (Lipinski definition) is 2. The van der Waals surface area contributed by atoms with Gasteiger partial charge in [-0.05, 0) is 24.6 Å². The number of nitrogens with one attached hydrogen (secondary N) is 1. The highest BCUT2D eigenvalue weighted by atomic mass is 16.4. The molecule has 0 atom stereocenters. The lowest BCUT2D eigenvalue weighted by atomic mass is 10.2. The van der Waals surface area contributed by atoms with Crippen molar-refractivity contribution < 1.29 is 9.90 Å². The Balaban J connectivity index is 1.63. The quantitative estimate of drug-likeness (QED) is 0.640. The maximum absolute atomic E-state index is 11.0. The van der Waals surface area contributed by atoms with Crippen LogP contribution in [0.2, 0.25) is 0 Å². The molecule has 0 fully saturated rings. The Hall–Kier alpha value is -3.29. The lowest BCUT2D eigenvalue weighted by Gasteiger charge is -2.07. The number of aromatic carboxylic acids is 1. The number of anilines is 1. The zero-order valence-corrected chi connectivity index (χ0v) is 12.8. The largest absolute Gasteiger partial charge is 0.478 e. The van der Waals surface area contributed by atoms with Gasteiger partial charge in [-0.2, -0.15) is 0 Å². The molecule has 3 rings (SSSR count). The van der Waals surface area contributed by atoms with Crippen molar-refractivity contribution in [2.75, 3.05) is 11.9 Å². The van der Waals surface area contributed by atoms with E-state index in [-0.39, 0.29) is 5.56 Å². The third-order valence-electron chi connectivity index (χ3n) is 3.36. The predicted octanol–water partition coefficient (Wildman–Crippen LogP) is 1.94. The van der Waals surface area contributed by atoms with Crippen LogP contribution in [0.4, 0.5) is 5.95 Å². The SMILES string of the molecule is O=C(O)c1ccnc(-c2ccnc(NCCCn3ccnc3)n2)c1. The van der Waals surface area contributed by atoms with Crippen molar-refractivity contribution in [1.29, 1.82) is 0 Å². The Bertz CT molecular complexity index is 819. The number of aromatic nitrogens is 5. The van der Waals surface area contributed by atoms with Gasteiger partial charge in [0.1, 0.15) is 0 Å². The summed E-state index contributed by atoms with van der Waals surface area (Å²) in [7, 11) is 0. The minimum Gasteiger partial charge on any atom is -0.478 e. The third kappa shape index (κ3) is 3.92. The number of carboxylic acid groups (broad SMARTS) is 1. The number of rotatable bonds is 7. The van der Waals surface area contributed by atoms with Gasteiger partial charge in [0, 0.05) is 37.9 Å². The lowest BCUT2D eigenvalue weighted by molar-refractivity contribution is 0.0697. The van der Waals surface area contributed by atoms with Gasteiger partial charge in [-0.1, -0.05) is 0 Å². The molecule has 8 nitrogen and oxygen atoms in total. The van der Waals surface area contributed by atoms with Crippen LogP contribution in [0.3, 0.4) is 0 Å². The highest BCUT2D eigenvalue weighted by molar-refractivity contribution is 5.88. The Labute approximate surface area is 138 Å². The molecule has 0 bridgehead atoms. The van der Waals surface area contributed by atoms with E-state index >= 15 is 0 Å². The van der Waals surface area contributed by atoms with Crippen LogP contribution < -0.4 is 5.32 Å². The summed E-state index contributed by atoms with van der Waals surface area (Å²) in [6, 6.07) is 4.64. The first kappa shape index (κ1) is 15.6. The fourth-order valence-electron chi connectivity index (χ4n) is 2.17. The third-order valence-corrected chi connectivity index (χ3v) is 3.36. The Morgan fingerprint density at radius 2 is 2.04 bits per heavy atom. The molecular formula is C16H16N6O2. The average molecular weight is 324 g/mol. The first-order chi connectivity index (χ1) is 11.7. The molecule has 3 heterocycles. The predicted molar refractivity (Wildman–Crippen MR) is 87.6 cm³/mol. The zero-order chi connectivity index (χ0) is 16.8. The number of nitrogens with zero attached hydrogens (tertiary/aromatic N) is 5. The van der Waals surface area contributed by atoms with Crippen LogP contribution in [-0.2, 0) is 6.54 Å². The molecule has 3 aromatic heterocycles. The number of carbonyl (C=O) groups is 1. The van der Waals surface area contributed by atoms with Crippen molar-refractivity contribution >= 4 is 11.9 Å². The second-order valence-corrected chi connectivity index (χ2v) is 5.08. The monoisotopic (exact) mass is 324 g/mol. The molecule has 24 heavy (non-hydrogen) atoms. The maximum atomic E-state index is 11.0. The molecule has 0 radical (unpaired) electrons. The molecule has 0 unspecified atom stereocenters. The van der Waals surface area contributed by atoms with E-state index in [0.29, 0.717) is 23.9 Å². The summed E-state index contributed by atoms with van der Waals surface area (Å²) in [5.74, 6) is -0.508. The van der Waals surface area contributed by atoms with E-state index in [1.165, 1.54) is 18.3 Å². The molecule has 0 spiro atoms. The Kier molecular flexibility index (Phi) is 4.76. The van der Waals surface area contributed by atoms with E-state index in [9.17, 15) is 4.79 Å². The molecule has 0 saturated heterocycles. The maximum Gasteiger partial charge on any atom is 0.335 e. The van der Waals surface area contributed by atoms with E-state index in [1.54, 1.807) is 24.8 Å². The molecule has 8 heteroatoms. The summed E-state index contributed by atoms with van der Waals surface area (Å²) in [5, 5.41) is 12.2. The summed E-state index contributed by atoms with van der Waals surface area (Å²) in [5.41, 5.74) is 1.25. The number of carboxylic acids is 1. The first-order valence-electron chi connectivity index (χ1n) is 7.45. The molecule has 0 aliphatic carbocycles. The summed E-state index contributed by atoms with van der Waals surface area (Å²) in [6.07, 6.45) is 9.42. The van der Waals surface area contributed by atoms with Crippen LogP contribution >= 0.6 is 0 Å². The average Bonchev–Trinajstić information content (AvgIpc) is 3.12. The van der Waals surface area contributed by atoms with Gasteiger partial charge < -0.3 is 15.0 Å². The fourth-order valence-corrected chi connectivity index (χ4v) is 2.17. The minimum absolute atomic E-state index is 0.174. The van der Waals surface area contributed by atoms with Crippen LogP contribution in [0.25, 0.3) is 11.4 Å². The van der Waals surface area contributed by atoms with Crippen LogP contribution in [0.5, 0.6) is 0 Å². The summed E-state index contributed by atoms with van der Waals surface area (Å²) in [4.78, 5) is 27.8. The van der Waals surface area contributed by atoms with E-state index < -0.39 is 5.97 Å². The van der Waals surface area contributed by atoms with Crippen molar-refractivity contribution in [3.8, 4) is 11.4 Å². The minimum atomic E-state index is -0.995. The van der Waals surface area contributed by atoms with Crippen LogP contribution in [0, 0.1) is 0 Å². The lowest BCUT2D eigenvalue weighted by Crippen LogP contribution is -2.08. The number of hydrogen-bond acceptors (Lipinski definition) is 6. The highest BCUT2D eigenvalue weighted by Crippen LogP contribution is 2.16. The van der Waals surface area contributed by atoms with Gasteiger partial charge in [0.05, 0.1) is 23.3 Å². The first-order valence-corrected chi connectivity index (χ1v) is 7.45. The highest BCUT2D eigenvalue weighted by Gasteiger charge is 2.08. The van der Waals surface area contributed by atoms with E-state index in [0.717, 1.165) is 13.0 Å². The molecule has 122 valence electrons. The Morgan fingerprint density at radius 3 is 2.83 bits per heavy atom. The van der Waals surface area contributed by atoms with Crippen molar-refractivity contribution in [3.63, 3.8) is 0 Å². The van der Waals surface area contributed by atoms with Crippen molar-refractivity contribution in [2.24, 2.45) is 0 Å². The molecule has 0 aromatic carbocycles. The van der Waals surface area contributed by atoms with Crippen LogP contribution in [0.15, 0.2) is 49.3 Å². The number of imidazole rings is 1. The molecule has 2 N–H and O–H groups in total. The molecule has 0 saturated carbocycles. The normalized spacial score (nSPS) is 10.5. The van der Waals surface area contributed by atoms with Crippen molar-refractivity contribution in [3.05, 3.63) is 54.9 Å². The second-order valence-electron chi connectivity index (χ2n) is 5.08. The Morgan fingerprint density at radius 1 is 1.17 bits per heavy atom. The molecule has 0 aliphatic heterocycles. The smallest absolute Gasteiger partial charge is 0.335 e. The molecule has 0 aliphatic rings. The summed E-state index contributed by atoms with van der Waals surface area (Å²) in [6.45, 7) is 1.57. The number of aryl methyl sites for hydroxylation is 1. The number of pyridine rings is 1. The van der Waals surface area contributed by atoms with Gasteiger partial charge in [0.2, 0.25) is 5.95 Å². The molecular weight excluding hydrogens is 308 g/mol. The van der Waals surface area contributed by atoms with Gasteiger partial charge in [-0.15, -0.1) is 0 Å². The molecule has 0 amide bonds. The van der Waals surface area contributed by atoms with E-state index in [1.807, 2.05) is 10.8 Å². The second kappa shape index (κ2) is 7.32. The summed E-state index contributed by atoms with van der Waals surface area (Å²) >= 11 is 0.